The maximum atomic E-state index is 13.0. The quantitative estimate of drug-likeness (QED) is 0.576. The molecule has 1 aliphatic rings. The highest BCUT2D eigenvalue weighted by Gasteiger charge is 2.41. The van der Waals surface area contributed by atoms with Crippen LogP contribution >= 0.6 is 11.3 Å². The van der Waals surface area contributed by atoms with E-state index < -0.39 is 38.7 Å². The average Bonchev–Trinajstić information content (AvgIpc) is 3.16. The fourth-order valence-corrected chi connectivity index (χ4v) is 5.90. The molecule has 1 saturated heterocycles. The number of rotatable bonds is 4. The molecule has 9 nitrogen and oxygen atoms in total. The molecule has 0 amide bonds. The maximum Gasteiger partial charge on any atom is 0.416 e. The van der Waals surface area contributed by atoms with E-state index in [1.54, 1.807) is 4.90 Å². The van der Waals surface area contributed by atoms with Crippen molar-refractivity contribution in [2.24, 2.45) is 0 Å². The number of benzene rings is 1. The minimum Gasteiger partial charge on any atom is -0.480 e. The molecule has 0 saturated carbocycles. The summed E-state index contributed by atoms with van der Waals surface area (Å²) in [6.45, 7) is -0.334. The highest BCUT2D eigenvalue weighted by Crippen LogP contribution is 2.32. The van der Waals surface area contributed by atoms with Crippen molar-refractivity contribution in [2.75, 3.05) is 24.5 Å². The number of aromatic nitrogens is 2. The molecular formula is C18H15F3N4O5S2. The van der Waals surface area contributed by atoms with Gasteiger partial charge in [-0.25, -0.2) is 13.4 Å². The highest BCUT2D eigenvalue weighted by atomic mass is 32.2. The molecule has 1 aromatic carbocycles. The van der Waals surface area contributed by atoms with Crippen LogP contribution in [0.3, 0.4) is 0 Å². The number of nitrogens with zero attached hydrogens (tertiary/aromatic N) is 3. The fraction of sp³-hybridized carbons (Fsp3) is 0.278. The third kappa shape index (κ3) is 4.08. The number of hydrogen-bond donors (Lipinski definition) is 2. The minimum absolute atomic E-state index is 0.105. The first-order chi connectivity index (χ1) is 15.0. The number of pyridine rings is 1. The molecule has 3 aromatic rings. The number of hydrogen-bond acceptors (Lipinski definition) is 7. The molecule has 0 bridgehead atoms. The van der Waals surface area contributed by atoms with Crippen LogP contribution in [0.25, 0.3) is 10.3 Å². The van der Waals surface area contributed by atoms with Crippen molar-refractivity contribution in [2.45, 2.75) is 17.1 Å². The summed E-state index contributed by atoms with van der Waals surface area (Å²) < 4.78 is 65.1. The summed E-state index contributed by atoms with van der Waals surface area (Å²) in [5.41, 5.74) is -0.815. The predicted octanol–water partition coefficient (Wildman–Crippen LogP) is 1.97. The van der Waals surface area contributed by atoms with Gasteiger partial charge in [0.25, 0.3) is 0 Å². The summed E-state index contributed by atoms with van der Waals surface area (Å²) in [6, 6.07) is 4.25. The zero-order chi connectivity index (χ0) is 23.3. The molecule has 170 valence electrons. The number of fused-ring (bicyclic) bond motifs is 1. The predicted molar refractivity (Wildman–Crippen MR) is 109 cm³/mol. The molecule has 0 aliphatic carbocycles. The first-order valence-electron chi connectivity index (χ1n) is 9.13. The average molecular weight is 488 g/mol. The van der Waals surface area contributed by atoms with Crippen LogP contribution in [0.1, 0.15) is 5.56 Å². The number of aromatic amines is 1. The molecule has 0 unspecified atom stereocenters. The van der Waals surface area contributed by atoms with Gasteiger partial charge in [0.15, 0.2) is 5.13 Å². The van der Waals surface area contributed by atoms with Crippen molar-refractivity contribution in [3.05, 3.63) is 52.3 Å². The van der Waals surface area contributed by atoms with E-state index in [4.69, 9.17) is 0 Å². The first kappa shape index (κ1) is 22.2. The number of carbonyl (C=O) groups is 1. The van der Waals surface area contributed by atoms with Gasteiger partial charge in [0.1, 0.15) is 16.4 Å². The zero-order valence-electron chi connectivity index (χ0n) is 16.0. The number of carboxylic acid groups (broad SMARTS) is 1. The van der Waals surface area contributed by atoms with Crippen LogP contribution in [0.5, 0.6) is 0 Å². The number of sulfonamides is 1. The van der Waals surface area contributed by atoms with E-state index in [9.17, 15) is 36.3 Å². The van der Waals surface area contributed by atoms with Gasteiger partial charge < -0.3 is 15.0 Å². The van der Waals surface area contributed by atoms with Crippen LogP contribution in [-0.4, -0.2) is 59.4 Å². The Hall–Kier alpha value is -2.97. The van der Waals surface area contributed by atoms with Gasteiger partial charge in [-0.1, -0.05) is 11.3 Å². The van der Waals surface area contributed by atoms with Crippen molar-refractivity contribution in [1.29, 1.82) is 0 Å². The number of aliphatic carboxylic acids is 1. The Kier molecular flexibility index (Phi) is 5.46. The molecule has 14 heteroatoms. The van der Waals surface area contributed by atoms with Gasteiger partial charge >= 0.3 is 12.1 Å². The number of piperazine rings is 1. The molecule has 0 radical (unpaired) electrons. The molecule has 3 heterocycles. The maximum absolute atomic E-state index is 13.0. The Bertz CT molecular complexity index is 1340. The smallest absolute Gasteiger partial charge is 0.416 e. The second-order valence-corrected chi connectivity index (χ2v) is 9.84. The van der Waals surface area contributed by atoms with Gasteiger partial charge in [-0.3, -0.25) is 9.59 Å². The number of carboxylic acids is 1. The number of H-pyrrole nitrogens is 1. The van der Waals surface area contributed by atoms with Crippen molar-refractivity contribution < 1.29 is 31.5 Å². The number of alkyl halides is 3. The summed E-state index contributed by atoms with van der Waals surface area (Å²) in [5, 5.41) is 10.1. The van der Waals surface area contributed by atoms with E-state index in [2.05, 4.69) is 9.97 Å². The number of anilines is 1. The Morgan fingerprint density at radius 2 is 1.84 bits per heavy atom. The normalized spacial score (nSPS) is 18.2. The minimum atomic E-state index is -4.63. The summed E-state index contributed by atoms with van der Waals surface area (Å²) in [6.07, 6.45) is -4.63. The second kappa shape index (κ2) is 7.86. The number of nitrogens with one attached hydrogen (secondary N) is 1. The van der Waals surface area contributed by atoms with Gasteiger partial charge in [-0.05, 0) is 30.3 Å². The lowest BCUT2D eigenvalue weighted by Gasteiger charge is -2.38. The van der Waals surface area contributed by atoms with E-state index in [1.807, 2.05) is 0 Å². The molecule has 1 aliphatic heterocycles. The molecule has 4 rings (SSSR count). The molecular weight excluding hydrogens is 473 g/mol. The van der Waals surface area contributed by atoms with Crippen LogP contribution in [0, 0.1) is 0 Å². The summed E-state index contributed by atoms with van der Waals surface area (Å²) in [5.74, 6) is -1.40. The van der Waals surface area contributed by atoms with E-state index >= 15 is 0 Å². The summed E-state index contributed by atoms with van der Waals surface area (Å²) in [7, 11) is -4.36. The van der Waals surface area contributed by atoms with Gasteiger partial charge in [0, 0.05) is 25.7 Å². The van der Waals surface area contributed by atoms with Crippen LogP contribution in [0.2, 0.25) is 0 Å². The monoisotopic (exact) mass is 488 g/mol. The van der Waals surface area contributed by atoms with Gasteiger partial charge in [-0.15, -0.1) is 0 Å². The standard InChI is InChI=1S/C18H15F3N4O5S2/c19-18(20,21)10-1-3-11(4-2-10)32(29,30)25-8-7-24(9-13(25)16(27)28)17-22-12-5-6-14(26)23-15(12)31-17/h1-6,13H,7-9H2,(H,23,26)(H,27,28)/t13-/m1/s1. The molecule has 0 spiro atoms. The number of thiazole rings is 1. The Morgan fingerprint density at radius 1 is 1.16 bits per heavy atom. The molecule has 1 fully saturated rings. The zero-order valence-corrected chi connectivity index (χ0v) is 17.7. The molecule has 1 atom stereocenters. The molecule has 2 N–H and O–H groups in total. The topological polar surface area (TPSA) is 124 Å². The van der Waals surface area contributed by atoms with Crippen molar-refractivity contribution >= 4 is 42.8 Å². The van der Waals surface area contributed by atoms with Gasteiger partial charge in [0.05, 0.1) is 10.5 Å². The third-order valence-corrected chi connectivity index (χ3v) is 7.92. The fourth-order valence-electron chi connectivity index (χ4n) is 3.35. The lowest BCUT2D eigenvalue weighted by atomic mass is 10.2. The third-order valence-electron chi connectivity index (χ3n) is 4.95. The SMILES string of the molecule is O=C(O)[C@H]1CN(c2nc3ccc(=O)[nH]c3s2)CCN1S(=O)(=O)c1ccc(C(F)(F)F)cc1. The Balaban J connectivity index is 1.61. The van der Waals surface area contributed by atoms with Crippen molar-refractivity contribution in [3.63, 3.8) is 0 Å². The van der Waals surface area contributed by atoms with E-state index in [0.29, 0.717) is 27.6 Å². The van der Waals surface area contributed by atoms with Crippen LogP contribution < -0.4 is 10.5 Å². The largest absolute Gasteiger partial charge is 0.480 e. The summed E-state index contributed by atoms with van der Waals surface area (Å²) in [4.78, 5) is 32.0. The van der Waals surface area contributed by atoms with Crippen molar-refractivity contribution in [1.82, 2.24) is 14.3 Å². The number of halogens is 3. The Labute approximate surface area is 182 Å². The van der Waals surface area contributed by atoms with E-state index in [-0.39, 0.29) is 25.2 Å². The van der Waals surface area contributed by atoms with E-state index in [1.165, 1.54) is 12.1 Å². The van der Waals surface area contributed by atoms with Crippen LogP contribution in [0.15, 0.2) is 46.1 Å². The van der Waals surface area contributed by atoms with E-state index in [0.717, 1.165) is 27.8 Å². The lowest BCUT2D eigenvalue weighted by molar-refractivity contribution is -0.141. The summed E-state index contributed by atoms with van der Waals surface area (Å²) >= 11 is 1.13. The molecule has 2 aromatic heterocycles. The Morgan fingerprint density at radius 3 is 2.47 bits per heavy atom. The van der Waals surface area contributed by atoms with Crippen molar-refractivity contribution in [3.8, 4) is 0 Å². The van der Waals surface area contributed by atoms with Gasteiger partial charge in [0.2, 0.25) is 15.6 Å². The lowest BCUT2D eigenvalue weighted by Crippen LogP contribution is -2.58. The van der Waals surface area contributed by atoms with Crippen LogP contribution in [-0.2, 0) is 21.0 Å². The second-order valence-electron chi connectivity index (χ2n) is 6.97. The molecule has 32 heavy (non-hydrogen) atoms. The van der Waals surface area contributed by atoms with Crippen LogP contribution in [0.4, 0.5) is 18.3 Å². The van der Waals surface area contributed by atoms with Gasteiger partial charge in [-0.2, -0.15) is 17.5 Å². The highest BCUT2D eigenvalue weighted by molar-refractivity contribution is 7.89. The first-order valence-corrected chi connectivity index (χ1v) is 11.4.